The van der Waals surface area contributed by atoms with Crippen molar-refractivity contribution >= 4 is 46.3 Å². The molecule has 0 aliphatic rings. The molecule has 0 unspecified atom stereocenters. The summed E-state index contributed by atoms with van der Waals surface area (Å²) >= 11 is 1.56. The number of rotatable bonds is 10. The Morgan fingerprint density at radius 1 is 1.28 bits per heavy atom. The zero-order valence-electron chi connectivity index (χ0n) is 18.1. The Hall–Kier alpha value is -3.47. The van der Waals surface area contributed by atoms with E-state index in [4.69, 9.17) is 0 Å². The van der Waals surface area contributed by atoms with E-state index in [1.165, 1.54) is 18.2 Å². The molecule has 32 heavy (non-hydrogen) atoms. The molecule has 0 fully saturated rings. The number of nitrogens with zero attached hydrogens (tertiary/aromatic N) is 5. The molecule has 3 rings (SSSR count). The van der Waals surface area contributed by atoms with Crippen LogP contribution in [-0.2, 0) is 11.3 Å². The Morgan fingerprint density at radius 3 is 2.69 bits per heavy atom. The van der Waals surface area contributed by atoms with Gasteiger partial charge in [-0.2, -0.15) is 5.10 Å². The van der Waals surface area contributed by atoms with Crippen LogP contribution in [0, 0.1) is 10.1 Å². The molecule has 2 aromatic heterocycles. The molecule has 2 N–H and O–H groups in total. The van der Waals surface area contributed by atoms with Crippen LogP contribution in [0.25, 0.3) is 17.1 Å². The Labute approximate surface area is 189 Å². The van der Waals surface area contributed by atoms with Crippen LogP contribution in [0.4, 0.5) is 11.5 Å². The average molecular weight is 456 g/mol. The smallest absolute Gasteiger partial charge is 0.269 e. The SMILES string of the molecule is CCSc1nc(NC(C)C)c2cnn(CCNC(=O)C=Cc3ccc([N+](=O)[O-])cc3)c2n1. The summed E-state index contributed by atoms with van der Waals surface area (Å²) in [5.41, 5.74) is 1.43. The number of non-ortho nitro benzene ring substituents is 1. The number of carbonyl (C=O) groups is 1. The molecule has 3 aromatic rings. The lowest BCUT2D eigenvalue weighted by atomic mass is 10.2. The van der Waals surface area contributed by atoms with Crippen molar-refractivity contribution in [3.8, 4) is 0 Å². The number of nitrogens with one attached hydrogen (secondary N) is 2. The maximum absolute atomic E-state index is 12.1. The van der Waals surface area contributed by atoms with Crippen LogP contribution in [0.5, 0.6) is 0 Å². The summed E-state index contributed by atoms with van der Waals surface area (Å²) in [6.45, 7) is 6.96. The number of fused-ring (bicyclic) bond motifs is 1. The van der Waals surface area contributed by atoms with Crippen molar-refractivity contribution in [2.75, 3.05) is 17.6 Å². The molecule has 0 radical (unpaired) electrons. The number of hydrogen-bond donors (Lipinski definition) is 2. The minimum atomic E-state index is -0.462. The number of nitro benzene ring substituents is 1. The third kappa shape index (κ3) is 6.03. The van der Waals surface area contributed by atoms with Crippen molar-refractivity contribution in [3.63, 3.8) is 0 Å². The zero-order valence-corrected chi connectivity index (χ0v) is 18.9. The number of carbonyl (C=O) groups excluding carboxylic acids is 1. The number of benzene rings is 1. The van der Waals surface area contributed by atoms with E-state index in [1.54, 1.807) is 40.8 Å². The molecular formula is C21H25N7O3S. The fourth-order valence-corrected chi connectivity index (χ4v) is 3.46. The highest BCUT2D eigenvalue weighted by molar-refractivity contribution is 7.99. The maximum Gasteiger partial charge on any atom is 0.269 e. The van der Waals surface area contributed by atoms with E-state index in [0.717, 1.165) is 22.6 Å². The molecule has 1 aromatic carbocycles. The van der Waals surface area contributed by atoms with Crippen molar-refractivity contribution in [2.45, 2.75) is 38.5 Å². The van der Waals surface area contributed by atoms with Crippen LogP contribution in [0.15, 0.2) is 41.7 Å². The summed E-state index contributed by atoms with van der Waals surface area (Å²) in [6.07, 6.45) is 4.73. The van der Waals surface area contributed by atoms with E-state index in [1.807, 2.05) is 20.8 Å². The van der Waals surface area contributed by atoms with Gasteiger partial charge in [0.05, 0.1) is 23.1 Å². The van der Waals surface area contributed by atoms with Gasteiger partial charge in [0, 0.05) is 30.8 Å². The van der Waals surface area contributed by atoms with Crippen molar-refractivity contribution in [3.05, 3.63) is 52.2 Å². The molecule has 0 saturated carbocycles. The van der Waals surface area contributed by atoms with Crippen molar-refractivity contribution < 1.29 is 9.72 Å². The normalized spacial score (nSPS) is 11.4. The van der Waals surface area contributed by atoms with Gasteiger partial charge in [0.1, 0.15) is 5.82 Å². The molecule has 0 bridgehead atoms. The van der Waals surface area contributed by atoms with Gasteiger partial charge in [-0.05, 0) is 43.4 Å². The minimum absolute atomic E-state index is 0.00843. The highest BCUT2D eigenvalue weighted by Gasteiger charge is 2.14. The third-order valence-corrected chi connectivity index (χ3v) is 5.06. The molecule has 1 amide bonds. The number of amides is 1. The van der Waals surface area contributed by atoms with Gasteiger partial charge in [-0.1, -0.05) is 18.7 Å². The van der Waals surface area contributed by atoms with Crippen molar-refractivity contribution in [1.29, 1.82) is 0 Å². The van der Waals surface area contributed by atoms with Crippen LogP contribution < -0.4 is 10.6 Å². The molecule has 2 heterocycles. The summed E-state index contributed by atoms with van der Waals surface area (Å²) in [7, 11) is 0. The van der Waals surface area contributed by atoms with Gasteiger partial charge in [-0.25, -0.2) is 14.6 Å². The average Bonchev–Trinajstić information content (AvgIpc) is 3.15. The lowest BCUT2D eigenvalue weighted by Gasteiger charge is -2.11. The highest BCUT2D eigenvalue weighted by Crippen LogP contribution is 2.24. The number of nitro groups is 1. The van der Waals surface area contributed by atoms with Crippen molar-refractivity contribution in [2.24, 2.45) is 0 Å². The first kappa shape index (κ1) is 23.2. The molecule has 168 valence electrons. The minimum Gasteiger partial charge on any atom is -0.367 e. The Kier molecular flexibility index (Phi) is 7.77. The van der Waals surface area contributed by atoms with Crippen LogP contribution in [-0.4, -0.2) is 48.9 Å². The van der Waals surface area contributed by atoms with Gasteiger partial charge >= 0.3 is 0 Å². The molecule has 0 aliphatic carbocycles. The topological polar surface area (TPSA) is 128 Å². The second-order valence-corrected chi connectivity index (χ2v) is 8.40. The van der Waals surface area contributed by atoms with Crippen LogP contribution in [0.3, 0.4) is 0 Å². The summed E-state index contributed by atoms with van der Waals surface area (Å²) < 4.78 is 1.75. The monoisotopic (exact) mass is 455 g/mol. The second kappa shape index (κ2) is 10.7. The molecular weight excluding hydrogens is 430 g/mol. The number of aromatic nitrogens is 4. The van der Waals surface area contributed by atoms with E-state index in [-0.39, 0.29) is 17.6 Å². The van der Waals surface area contributed by atoms with E-state index in [2.05, 4.69) is 25.7 Å². The van der Waals surface area contributed by atoms with Gasteiger partial charge in [-0.15, -0.1) is 0 Å². The third-order valence-electron chi connectivity index (χ3n) is 4.33. The highest BCUT2D eigenvalue weighted by atomic mass is 32.2. The summed E-state index contributed by atoms with van der Waals surface area (Å²) in [4.78, 5) is 31.6. The largest absolute Gasteiger partial charge is 0.367 e. The van der Waals surface area contributed by atoms with E-state index < -0.39 is 4.92 Å². The van der Waals surface area contributed by atoms with Gasteiger partial charge in [0.15, 0.2) is 10.8 Å². The molecule has 0 aliphatic heterocycles. The Morgan fingerprint density at radius 2 is 2.03 bits per heavy atom. The van der Waals surface area contributed by atoms with Crippen molar-refractivity contribution in [1.82, 2.24) is 25.1 Å². The van der Waals surface area contributed by atoms with Crippen LogP contribution in [0.1, 0.15) is 26.3 Å². The van der Waals surface area contributed by atoms with Crippen LogP contribution >= 0.6 is 11.8 Å². The quantitative estimate of drug-likeness (QED) is 0.156. The second-order valence-electron chi connectivity index (χ2n) is 7.16. The molecule has 0 atom stereocenters. The predicted molar refractivity (Wildman–Crippen MR) is 126 cm³/mol. The van der Waals surface area contributed by atoms with Gasteiger partial charge in [0.25, 0.3) is 5.69 Å². The molecule has 10 nitrogen and oxygen atoms in total. The van der Waals surface area contributed by atoms with E-state index in [0.29, 0.717) is 23.8 Å². The molecule has 0 saturated heterocycles. The number of hydrogen-bond acceptors (Lipinski definition) is 8. The zero-order chi connectivity index (χ0) is 23.1. The first-order valence-corrected chi connectivity index (χ1v) is 11.2. The molecule has 0 spiro atoms. The van der Waals surface area contributed by atoms with Gasteiger partial charge in [0.2, 0.25) is 5.91 Å². The van der Waals surface area contributed by atoms with E-state index in [9.17, 15) is 14.9 Å². The van der Waals surface area contributed by atoms with Crippen LogP contribution in [0.2, 0.25) is 0 Å². The first-order valence-electron chi connectivity index (χ1n) is 10.2. The first-order chi connectivity index (χ1) is 15.4. The Bertz CT molecular complexity index is 1130. The van der Waals surface area contributed by atoms with Gasteiger partial charge in [-0.3, -0.25) is 14.9 Å². The lowest BCUT2D eigenvalue weighted by Crippen LogP contribution is -2.25. The van der Waals surface area contributed by atoms with E-state index >= 15 is 0 Å². The Balaban J connectivity index is 1.63. The number of thioether (sulfide) groups is 1. The molecule has 11 heteroatoms. The standard InChI is InChI=1S/C21H25N7O3S/c1-4-32-21-25-19(24-14(2)3)17-13-23-27(20(17)26-21)12-11-22-18(29)10-7-15-5-8-16(9-6-15)28(30)31/h5-10,13-14H,4,11-12H2,1-3H3,(H,22,29)(H,24,25,26). The predicted octanol–water partition coefficient (Wildman–Crippen LogP) is 3.50. The van der Waals surface area contributed by atoms with Gasteiger partial charge < -0.3 is 10.6 Å². The fourth-order valence-electron chi connectivity index (χ4n) is 2.90. The lowest BCUT2D eigenvalue weighted by molar-refractivity contribution is -0.384. The summed E-state index contributed by atoms with van der Waals surface area (Å²) in [5, 5.41) is 22.8. The summed E-state index contributed by atoms with van der Waals surface area (Å²) in [6, 6.07) is 6.20. The summed E-state index contributed by atoms with van der Waals surface area (Å²) in [5.74, 6) is 1.35. The number of anilines is 1. The maximum atomic E-state index is 12.1. The fraction of sp³-hybridized carbons (Fsp3) is 0.333.